The molecule has 1 unspecified atom stereocenters. The standard InChI is InChI=1S/C18H18N4O2S3/c1-22(27-18-19-7-8-25-18)14-4-2-3-11-9-13(21-16(11)14)17-20-10-12(26-17)5-6-15(23)24/h2-4,7-9,12,21H,5-6,10H2,1H3,(H,23,24). The fourth-order valence-electron chi connectivity index (χ4n) is 2.94. The Labute approximate surface area is 169 Å². The number of carboxylic acid groups (broad SMARTS) is 1. The fraction of sp³-hybridized carbons (Fsp3) is 0.278. The first kappa shape index (κ1) is 18.4. The molecule has 0 spiro atoms. The molecule has 3 heterocycles. The number of thiazole rings is 1. The minimum absolute atomic E-state index is 0.191. The Morgan fingerprint density at radius 2 is 2.37 bits per heavy atom. The molecule has 0 saturated heterocycles. The lowest BCUT2D eigenvalue weighted by atomic mass is 10.2. The van der Waals surface area contributed by atoms with Crippen LogP contribution in [-0.4, -0.2) is 44.9 Å². The Kier molecular flexibility index (Phi) is 5.42. The number of aromatic amines is 1. The van der Waals surface area contributed by atoms with Gasteiger partial charge < -0.3 is 14.4 Å². The molecule has 1 atom stereocenters. The van der Waals surface area contributed by atoms with Gasteiger partial charge in [0.1, 0.15) is 5.04 Å². The SMILES string of the molecule is CN(Sc1nccs1)c1cccc2cc(C3=NCC(CCC(=O)O)S3)[nH]c12. The van der Waals surface area contributed by atoms with Gasteiger partial charge in [-0.1, -0.05) is 23.9 Å². The maximum atomic E-state index is 10.8. The summed E-state index contributed by atoms with van der Waals surface area (Å²) < 4.78 is 3.11. The lowest BCUT2D eigenvalue weighted by molar-refractivity contribution is -0.137. The lowest BCUT2D eigenvalue weighted by Gasteiger charge is -2.17. The Hall–Kier alpha value is -1.97. The molecule has 0 saturated carbocycles. The van der Waals surface area contributed by atoms with Crippen molar-refractivity contribution >= 4 is 62.6 Å². The van der Waals surface area contributed by atoms with E-state index in [0.29, 0.717) is 13.0 Å². The molecule has 0 aliphatic carbocycles. The summed E-state index contributed by atoms with van der Waals surface area (Å²) in [7, 11) is 2.03. The van der Waals surface area contributed by atoms with Gasteiger partial charge in [-0.25, -0.2) is 4.98 Å². The molecule has 0 amide bonds. The predicted octanol–water partition coefficient (Wildman–Crippen LogP) is 4.49. The van der Waals surface area contributed by atoms with Crippen LogP contribution in [0.15, 0.2) is 45.2 Å². The van der Waals surface area contributed by atoms with Gasteiger partial charge in [0.05, 0.1) is 23.4 Å². The molecule has 1 aliphatic heterocycles. The van der Waals surface area contributed by atoms with E-state index in [2.05, 4.69) is 37.5 Å². The van der Waals surface area contributed by atoms with Crippen molar-refractivity contribution in [3.05, 3.63) is 41.5 Å². The molecule has 1 aromatic carbocycles. The number of anilines is 1. The van der Waals surface area contributed by atoms with Crippen molar-refractivity contribution < 1.29 is 9.90 Å². The lowest BCUT2D eigenvalue weighted by Crippen LogP contribution is -2.07. The van der Waals surface area contributed by atoms with Crippen LogP contribution < -0.4 is 4.31 Å². The zero-order valence-corrected chi connectivity index (χ0v) is 17.0. The van der Waals surface area contributed by atoms with Crippen LogP contribution in [0, 0.1) is 0 Å². The van der Waals surface area contributed by atoms with Gasteiger partial charge in [0, 0.05) is 47.6 Å². The third kappa shape index (κ3) is 4.15. The summed E-state index contributed by atoms with van der Waals surface area (Å²) in [4.78, 5) is 23.2. The first-order chi connectivity index (χ1) is 13.1. The number of rotatable bonds is 7. The molecular weight excluding hydrogens is 400 g/mol. The molecule has 2 aromatic heterocycles. The van der Waals surface area contributed by atoms with E-state index in [1.54, 1.807) is 35.0 Å². The summed E-state index contributed by atoms with van der Waals surface area (Å²) in [5, 5.41) is 13.2. The Balaban J connectivity index is 1.54. The Bertz CT molecular complexity index is 984. The molecular formula is C18H18N4O2S3. The smallest absolute Gasteiger partial charge is 0.303 e. The number of nitrogens with one attached hydrogen (secondary N) is 1. The van der Waals surface area contributed by atoms with E-state index in [1.807, 2.05) is 24.7 Å². The second kappa shape index (κ2) is 7.95. The van der Waals surface area contributed by atoms with Crippen molar-refractivity contribution in [3.8, 4) is 0 Å². The summed E-state index contributed by atoms with van der Waals surface area (Å²) in [6, 6.07) is 8.34. The number of aliphatic carboxylic acids is 1. The molecule has 1 aliphatic rings. The number of fused-ring (bicyclic) bond motifs is 1. The number of nitrogens with zero attached hydrogens (tertiary/aromatic N) is 3. The van der Waals surface area contributed by atoms with E-state index in [1.165, 1.54) is 0 Å². The van der Waals surface area contributed by atoms with Crippen LogP contribution in [-0.2, 0) is 4.79 Å². The first-order valence-electron chi connectivity index (χ1n) is 8.46. The van der Waals surface area contributed by atoms with Crippen molar-refractivity contribution in [2.24, 2.45) is 4.99 Å². The number of hydrogen-bond acceptors (Lipinski definition) is 7. The van der Waals surface area contributed by atoms with Crippen LogP contribution in [0.1, 0.15) is 18.5 Å². The van der Waals surface area contributed by atoms with Crippen LogP contribution in [0.25, 0.3) is 10.9 Å². The fourth-order valence-corrected chi connectivity index (χ4v) is 5.65. The molecule has 9 heteroatoms. The monoisotopic (exact) mass is 418 g/mol. The highest BCUT2D eigenvalue weighted by molar-refractivity contribution is 8.15. The first-order valence-corrected chi connectivity index (χ1v) is 11.0. The minimum atomic E-state index is -0.750. The van der Waals surface area contributed by atoms with Crippen LogP contribution in [0.2, 0.25) is 0 Å². The minimum Gasteiger partial charge on any atom is -0.481 e. The van der Waals surface area contributed by atoms with Gasteiger partial charge in [0.2, 0.25) is 0 Å². The second-order valence-corrected chi connectivity index (χ2v) is 9.69. The molecule has 4 rings (SSSR count). The topological polar surface area (TPSA) is 81.6 Å². The van der Waals surface area contributed by atoms with Crippen molar-refractivity contribution in [2.45, 2.75) is 22.4 Å². The highest BCUT2D eigenvalue weighted by Crippen LogP contribution is 2.35. The summed E-state index contributed by atoms with van der Waals surface area (Å²) in [5.41, 5.74) is 3.15. The molecule has 6 nitrogen and oxygen atoms in total. The molecule has 0 bridgehead atoms. The largest absolute Gasteiger partial charge is 0.481 e. The summed E-state index contributed by atoms with van der Waals surface area (Å²) in [6.07, 6.45) is 2.65. The number of thioether (sulfide) groups is 1. The Morgan fingerprint density at radius 3 is 3.15 bits per heavy atom. The highest BCUT2D eigenvalue weighted by atomic mass is 32.2. The zero-order chi connectivity index (χ0) is 18.8. The number of para-hydroxylation sites is 1. The average molecular weight is 419 g/mol. The van der Waals surface area contributed by atoms with E-state index in [0.717, 1.165) is 31.7 Å². The normalized spacial score (nSPS) is 16.6. The van der Waals surface area contributed by atoms with E-state index in [4.69, 9.17) is 5.11 Å². The van der Waals surface area contributed by atoms with Crippen molar-refractivity contribution in [1.82, 2.24) is 9.97 Å². The summed E-state index contributed by atoms with van der Waals surface area (Å²) in [5.74, 6) is -0.750. The maximum absolute atomic E-state index is 10.8. The van der Waals surface area contributed by atoms with Gasteiger partial charge in [-0.3, -0.25) is 9.79 Å². The van der Waals surface area contributed by atoms with E-state index in [-0.39, 0.29) is 11.7 Å². The predicted molar refractivity (Wildman–Crippen MR) is 114 cm³/mol. The van der Waals surface area contributed by atoms with Crippen molar-refractivity contribution in [2.75, 3.05) is 17.9 Å². The van der Waals surface area contributed by atoms with Crippen LogP contribution in [0.5, 0.6) is 0 Å². The van der Waals surface area contributed by atoms with Crippen molar-refractivity contribution in [1.29, 1.82) is 0 Å². The highest BCUT2D eigenvalue weighted by Gasteiger charge is 2.23. The van der Waals surface area contributed by atoms with Gasteiger partial charge in [0.15, 0.2) is 4.34 Å². The summed E-state index contributed by atoms with van der Waals surface area (Å²) >= 11 is 4.89. The average Bonchev–Trinajstić information content (AvgIpc) is 3.38. The summed E-state index contributed by atoms with van der Waals surface area (Å²) in [6.45, 7) is 0.676. The zero-order valence-electron chi connectivity index (χ0n) is 14.6. The number of benzene rings is 1. The van der Waals surface area contributed by atoms with Crippen molar-refractivity contribution in [3.63, 3.8) is 0 Å². The quantitative estimate of drug-likeness (QED) is 0.550. The van der Waals surface area contributed by atoms with Gasteiger partial charge in [0.25, 0.3) is 0 Å². The van der Waals surface area contributed by atoms with Crippen LogP contribution >= 0.6 is 35.0 Å². The second-order valence-electron chi connectivity index (χ2n) is 6.13. The van der Waals surface area contributed by atoms with E-state index >= 15 is 0 Å². The molecule has 27 heavy (non-hydrogen) atoms. The molecule has 0 fully saturated rings. The molecule has 3 aromatic rings. The number of carbonyl (C=O) groups is 1. The third-order valence-electron chi connectivity index (χ3n) is 4.23. The Morgan fingerprint density at radius 1 is 1.48 bits per heavy atom. The third-order valence-corrected chi connectivity index (χ3v) is 7.33. The van der Waals surface area contributed by atoms with Gasteiger partial charge in [-0.15, -0.1) is 11.3 Å². The molecule has 140 valence electrons. The van der Waals surface area contributed by atoms with E-state index in [9.17, 15) is 4.79 Å². The maximum Gasteiger partial charge on any atom is 0.303 e. The number of aliphatic imine (C=N–C) groups is 1. The van der Waals surface area contributed by atoms with Gasteiger partial charge in [-0.05, 0) is 18.6 Å². The molecule has 2 N–H and O–H groups in total. The van der Waals surface area contributed by atoms with Gasteiger partial charge >= 0.3 is 5.97 Å². The number of aromatic nitrogens is 2. The van der Waals surface area contributed by atoms with Gasteiger partial charge in [-0.2, -0.15) is 0 Å². The number of H-pyrrole nitrogens is 1. The van der Waals surface area contributed by atoms with E-state index < -0.39 is 5.97 Å². The number of carboxylic acids is 1. The number of hydrogen-bond donors (Lipinski definition) is 2. The van der Waals surface area contributed by atoms with Crippen LogP contribution in [0.4, 0.5) is 5.69 Å². The van der Waals surface area contributed by atoms with Crippen LogP contribution in [0.3, 0.4) is 0 Å². The molecule has 0 radical (unpaired) electrons.